The lowest BCUT2D eigenvalue weighted by Crippen LogP contribution is -2.38. The Bertz CT molecular complexity index is 831. The van der Waals surface area contributed by atoms with Crippen molar-refractivity contribution in [3.05, 3.63) is 60.4 Å². The maximum absolute atomic E-state index is 12.8. The molecule has 27 heavy (non-hydrogen) atoms. The number of carbonyl (C=O) groups is 1. The number of nitrogens with zero attached hydrogens (tertiary/aromatic N) is 5. The highest BCUT2D eigenvalue weighted by Crippen LogP contribution is 2.22. The number of hydrogen-bond acceptors (Lipinski definition) is 4. The topological polar surface area (TPSA) is 62.9 Å². The van der Waals surface area contributed by atoms with E-state index in [9.17, 15) is 4.79 Å². The van der Waals surface area contributed by atoms with Crippen LogP contribution in [0.15, 0.2) is 70.4 Å². The molecule has 0 atom stereocenters. The fraction of sp³-hybridized carbons (Fsp3) is 0.300. The van der Waals surface area contributed by atoms with Gasteiger partial charge in [0.15, 0.2) is 0 Å². The van der Waals surface area contributed by atoms with Gasteiger partial charge in [-0.3, -0.25) is 14.8 Å². The van der Waals surface area contributed by atoms with Gasteiger partial charge in [-0.25, -0.2) is 4.98 Å². The molecule has 0 aliphatic carbocycles. The number of carbonyl (C=O) groups excluding carboxylic acids is 1. The lowest BCUT2D eigenvalue weighted by atomic mass is 10.0. The van der Waals surface area contributed by atoms with E-state index in [1.807, 2.05) is 36.8 Å². The fourth-order valence-electron chi connectivity index (χ4n) is 2.81. The van der Waals surface area contributed by atoms with E-state index in [1.165, 1.54) is 0 Å². The third kappa shape index (κ3) is 5.14. The first kappa shape index (κ1) is 20.6. The largest absolute Gasteiger partial charge is 0.334 e. The van der Waals surface area contributed by atoms with Crippen molar-refractivity contribution < 1.29 is 4.79 Å². The zero-order chi connectivity index (χ0) is 19.8. The first-order valence-electron chi connectivity index (χ1n) is 8.58. The summed E-state index contributed by atoms with van der Waals surface area (Å²) in [5, 5.41) is 0. The SMILES string of the molecule is C=NC1=C(/C(C)=N\CCl)CN(C(=O)C(=C)/C=C\C(=C/C)n2ccnc2)CC1. The van der Waals surface area contributed by atoms with Crippen LogP contribution in [0.4, 0.5) is 0 Å². The Balaban J connectivity index is 2.12. The van der Waals surface area contributed by atoms with Gasteiger partial charge in [0.2, 0.25) is 0 Å². The molecule has 1 aromatic heterocycles. The van der Waals surface area contributed by atoms with Crippen LogP contribution in [-0.4, -0.2) is 51.9 Å². The zero-order valence-electron chi connectivity index (χ0n) is 15.7. The summed E-state index contributed by atoms with van der Waals surface area (Å²) in [6.45, 7) is 12.3. The lowest BCUT2D eigenvalue weighted by Gasteiger charge is -2.29. The van der Waals surface area contributed by atoms with Crippen molar-refractivity contribution in [2.75, 3.05) is 19.1 Å². The van der Waals surface area contributed by atoms with Crippen LogP contribution in [0.3, 0.4) is 0 Å². The molecule has 0 fully saturated rings. The van der Waals surface area contributed by atoms with Gasteiger partial charge in [0.1, 0.15) is 6.00 Å². The molecular weight excluding hydrogens is 362 g/mol. The molecule has 2 rings (SSSR count). The van der Waals surface area contributed by atoms with Crippen molar-refractivity contribution in [1.82, 2.24) is 14.5 Å². The summed E-state index contributed by atoms with van der Waals surface area (Å²) in [7, 11) is 0. The van der Waals surface area contributed by atoms with Crippen LogP contribution in [-0.2, 0) is 4.79 Å². The number of hydrogen-bond donors (Lipinski definition) is 0. The Kier molecular flexibility index (Phi) is 7.49. The van der Waals surface area contributed by atoms with E-state index in [0.29, 0.717) is 25.1 Å². The molecule has 0 saturated carbocycles. The van der Waals surface area contributed by atoms with Gasteiger partial charge < -0.3 is 9.47 Å². The van der Waals surface area contributed by atoms with Gasteiger partial charge in [-0.2, -0.15) is 0 Å². The monoisotopic (exact) mass is 385 g/mol. The van der Waals surface area contributed by atoms with Gasteiger partial charge >= 0.3 is 0 Å². The van der Waals surface area contributed by atoms with Gasteiger partial charge in [-0.1, -0.05) is 12.7 Å². The fourth-order valence-corrected chi connectivity index (χ4v) is 2.99. The smallest absolute Gasteiger partial charge is 0.253 e. The van der Waals surface area contributed by atoms with Crippen molar-refractivity contribution in [3.8, 4) is 0 Å². The second-order valence-corrected chi connectivity index (χ2v) is 6.20. The molecule has 0 aromatic carbocycles. The van der Waals surface area contributed by atoms with Gasteiger partial charge in [0, 0.05) is 60.2 Å². The standard InChI is InChI=1S/C20H24ClN5O/c1-5-17(26-11-9-23-14-26)7-6-15(2)20(27)25-10-8-19(22-4)18(12-25)16(3)24-13-21/h5-7,9,11,14H,2,4,8,10,12-13H2,1,3H3/b7-6-,17-5+,24-16-. The van der Waals surface area contributed by atoms with E-state index in [4.69, 9.17) is 11.6 Å². The molecule has 2 heterocycles. The number of aromatic nitrogens is 2. The number of amides is 1. The summed E-state index contributed by atoms with van der Waals surface area (Å²) in [4.78, 5) is 26.9. The minimum Gasteiger partial charge on any atom is -0.334 e. The normalized spacial score (nSPS) is 16.2. The van der Waals surface area contributed by atoms with Crippen LogP contribution in [0.2, 0.25) is 0 Å². The Hall–Kier alpha value is -2.73. The maximum atomic E-state index is 12.8. The van der Waals surface area contributed by atoms with Crippen molar-refractivity contribution in [3.63, 3.8) is 0 Å². The van der Waals surface area contributed by atoms with Crippen molar-refractivity contribution in [1.29, 1.82) is 0 Å². The first-order chi connectivity index (χ1) is 13.0. The molecule has 0 N–H and O–H groups in total. The number of alkyl halides is 1. The average molecular weight is 386 g/mol. The molecule has 1 aliphatic rings. The van der Waals surface area contributed by atoms with E-state index in [2.05, 4.69) is 28.3 Å². The molecule has 6 nitrogen and oxygen atoms in total. The highest BCUT2D eigenvalue weighted by molar-refractivity contribution is 6.18. The van der Waals surface area contributed by atoms with E-state index in [0.717, 1.165) is 22.7 Å². The predicted octanol–water partition coefficient (Wildman–Crippen LogP) is 3.70. The summed E-state index contributed by atoms with van der Waals surface area (Å²) in [6, 6.07) is 0.170. The summed E-state index contributed by atoms with van der Waals surface area (Å²) in [6.07, 6.45) is 11.4. The summed E-state index contributed by atoms with van der Waals surface area (Å²) < 4.78 is 1.87. The average Bonchev–Trinajstić information content (AvgIpc) is 3.22. The van der Waals surface area contributed by atoms with Crippen LogP contribution in [0.25, 0.3) is 5.70 Å². The van der Waals surface area contributed by atoms with Crippen molar-refractivity contribution in [2.45, 2.75) is 20.3 Å². The Morgan fingerprint density at radius 3 is 2.81 bits per heavy atom. The molecule has 142 valence electrons. The molecule has 7 heteroatoms. The molecule has 1 amide bonds. The second kappa shape index (κ2) is 9.83. The van der Waals surface area contributed by atoms with Crippen LogP contribution in [0, 0.1) is 0 Å². The number of rotatable bonds is 7. The second-order valence-electron chi connectivity index (χ2n) is 5.97. The minimum atomic E-state index is -0.119. The van der Waals surface area contributed by atoms with Gasteiger partial charge in [0.25, 0.3) is 5.91 Å². The molecular formula is C20H24ClN5O. The van der Waals surface area contributed by atoms with E-state index < -0.39 is 0 Å². The Morgan fingerprint density at radius 2 is 2.22 bits per heavy atom. The summed E-state index contributed by atoms with van der Waals surface area (Å²) >= 11 is 5.71. The highest BCUT2D eigenvalue weighted by Gasteiger charge is 2.24. The van der Waals surface area contributed by atoms with Crippen LogP contribution < -0.4 is 0 Å². The van der Waals surface area contributed by atoms with Gasteiger partial charge in [0.05, 0.1) is 6.33 Å². The number of allylic oxidation sites excluding steroid dienone is 3. The van der Waals surface area contributed by atoms with Crippen LogP contribution in [0.1, 0.15) is 20.3 Å². The molecule has 0 bridgehead atoms. The van der Waals surface area contributed by atoms with Gasteiger partial charge in [-0.15, -0.1) is 11.6 Å². The van der Waals surface area contributed by atoms with Crippen molar-refractivity contribution in [2.24, 2.45) is 9.98 Å². The first-order valence-corrected chi connectivity index (χ1v) is 9.12. The molecule has 0 saturated heterocycles. The predicted molar refractivity (Wildman–Crippen MR) is 112 cm³/mol. The molecule has 0 unspecified atom stereocenters. The third-order valence-electron chi connectivity index (χ3n) is 4.36. The molecule has 1 aromatic rings. The quantitative estimate of drug-likeness (QED) is 0.236. The maximum Gasteiger partial charge on any atom is 0.253 e. The van der Waals surface area contributed by atoms with E-state index in [-0.39, 0.29) is 11.9 Å². The van der Waals surface area contributed by atoms with Crippen LogP contribution in [0.5, 0.6) is 0 Å². The van der Waals surface area contributed by atoms with E-state index >= 15 is 0 Å². The van der Waals surface area contributed by atoms with Crippen molar-refractivity contribution >= 4 is 35.6 Å². The lowest BCUT2D eigenvalue weighted by molar-refractivity contribution is -0.126. The highest BCUT2D eigenvalue weighted by atomic mass is 35.5. The van der Waals surface area contributed by atoms with Crippen LogP contribution >= 0.6 is 11.6 Å². The minimum absolute atomic E-state index is 0.119. The third-order valence-corrected chi connectivity index (χ3v) is 4.48. The molecule has 1 aliphatic heterocycles. The Labute approximate surface area is 165 Å². The molecule has 0 radical (unpaired) electrons. The number of imidazole rings is 1. The summed E-state index contributed by atoms with van der Waals surface area (Å²) in [5.41, 5.74) is 3.86. The van der Waals surface area contributed by atoms with E-state index in [1.54, 1.807) is 23.5 Å². The molecule has 0 spiro atoms. The summed E-state index contributed by atoms with van der Waals surface area (Å²) in [5.74, 6) is -0.119. The van der Waals surface area contributed by atoms with Gasteiger partial charge in [-0.05, 0) is 32.7 Å². The zero-order valence-corrected chi connectivity index (χ0v) is 16.5. The Morgan fingerprint density at radius 1 is 1.44 bits per heavy atom. The number of aliphatic imine (C=N–C) groups is 2. The number of halogens is 1.